The Bertz CT molecular complexity index is 1300. The molecule has 1 amide bonds. The molecule has 0 aliphatic heterocycles. The van der Waals surface area contributed by atoms with Crippen LogP contribution in [-0.2, 0) is 4.74 Å². The fourth-order valence-electron chi connectivity index (χ4n) is 3.14. The molecule has 0 radical (unpaired) electrons. The van der Waals surface area contributed by atoms with Crippen molar-refractivity contribution in [3.63, 3.8) is 0 Å². The molecule has 4 N–H and O–H groups in total. The van der Waals surface area contributed by atoms with Crippen molar-refractivity contribution in [1.29, 1.82) is 0 Å². The fraction of sp³-hybridized carbons (Fsp3) is 0.250. The number of nitrogens with one attached hydrogen (secondary N) is 2. The lowest BCUT2D eigenvalue weighted by molar-refractivity contribution is 0.0522. The third-order valence-corrected chi connectivity index (χ3v) is 4.43. The number of nitrogen functional groups attached to an aromatic ring is 1. The topological polar surface area (TPSA) is 141 Å². The number of ether oxygens (including phenoxy) is 1. The van der Waals surface area contributed by atoms with Gasteiger partial charge < -0.3 is 20.8 Å². The van der Waals surface area contributed by atoms with Crippen molar-refractivity contribution in [2.75, 3.05) is 12.8 Å². The zero-order valence-corrected chi connectivity index (χ0v) is 17.0. The van der Waals surface area contributed by atoms with Crippen LogP contribution < -0.4 is 11.1 Å². The lowest BCUT2D eigenvalue weighted by atomic mass is 10.1. The molecule has 0 saturated carbocycles. The van der Waals surface area contributed by atoms with Gasteiger partial charge in [-0.2, -0.15) is 5.10 Å². The van der Waals surface area contributed by atoms with Gasteiger partial charge in [-0.25, -0.2) is 14.8 Å². The molecule has 0 fully saturated rings. The summed E-state index contributed by atoms with van der Waals surface area (Å²) >= 11 is 0. The molecule has 4 aromatic rings. The minimum Gasteiger partial charge on any atom is -0.442 e. The maximum atomic E-state index is 12.7. The van der Waals surface area contributed by atoms with E-state index in [2.05, 4.69) is 25.4 Å². The van der Waals surface area contributed by atoms with E-state index >= 15 is 0 Å². The van der Waals surface area contributed by atoms with Gasteiger partial charge in [0.05, 0.1) is 5.39 Å². The highest BCUT2D eigenvalue weighted by atomic mass is 16.6. The number of rotatable bonds is 2. The summed E-state index contributed by atoms with van der Waals surface area (Å²) in [6.07, 6.45) is 0.605. The van der Waals surface area contributed by atoms with Crippen molar-refractivity contribution in [1.82, 2.24) is 30.0 Å². The normalized spacial score (nSPS) is 11.7. The van der Waals surface area contributed by atoms with E-state index in [9.17, 15) is 9.59 Å². The molecule has 10 nitrogen and oxygen atoms in total. The average molecular weight is 407 g/mol. The van der Waals surface area contributed by atoms with Gasteiger partial charge in [-0.05, 0) is 32.9 Å². The van der Waals surface area contributed by atoms with Gasteiger partial charge in [-0.15, -0.1) is 4.68 Å². The first-order valence-corrected chi connectivity index (χ1v) is 9.25. The van der Waals surface area contributed by atoms with Crippen molar-refractivity contribution in [3.05, 3.63) is 36.3 Å². The minimum absolute atomic E-state index is 0.197. The average Bonchev–Trinajstić information content (AvgIpc) is 3.28. The molecule has 0 spiro atoms. The first kappa shape index (κ1) is 19.4. The second-order valence-electron chi connectivity index (χ2n) is 7.76. The summed E-state index contributed by atoms with van der Waals surface area (Å²) in [4.78, 5) is 35.9. The molecule has 30 heavy (non-hydrogen) atoms. The van der Waals surface area contributed by atoms with Crippen LogP contribution >= 0.6 is 0 Å². The molecular formula is C20H21N7O3. The van der Waals surface area contributed by atoms with Gasteiger partial charge in [0, 0.05) is 23.5 Å². The number of nitrogens with zero attached hydrogens (tertiary/aromatic N) is 4. The minimum atomic E-state index is -0.701. The van der Waals surface area contributed by atoms with Gasteiger partial charge >= 0.3 is 6.09 Å². The molecular weight excluding hydrogens is 386 g/mol. The smallest absolute Gasteiger partial charge is 0.437 e. The summed E-state index contributed by atoms with van der Waals surface area (Å²) in [6, 6.07) is 7.27. The van der Waals surface area contributed by atoms with Crippen molar-refractivity contribution in [2.24, 2.45) is 0 Å². The van der Waals surface area contributed by atoms with Gasteiger partial charge in [-0.3, -0.25) is 4.79 Å². The van der Waals surface area contributed by atoms with Gasteiger partial charge in [0.2, 0.25) is 0 Å². The Morgan fingerprint density at radius 3 is 2.67 bits per heavy atom. The number of carbonyl (C=O) groups excluding carboxylic acids is 2. The van der Waals surface area contributed by atoms with Gasteiger partial charge in [0.1, 0.15) is 29.1 Å². The number of aromatic amines is 1. The Labute approximate surface area is 171 Å². The van der Waals surface area contributed by atoms with Crippen LogP contribution in [0.1, 0.15) is 31.3 Å². The summed E-state index contributed by atoms with van der Waals surface area (Å²) in [7, 11) is 1.57. The lowest BCUT2D eigenvalue weighted by Crippen LogP contribution is -2.27. The van der Waals surface area contributed by atoms with E-state index in [0.717, 1.165) is 15.6 Å². The Morgan fingerprint density at radius 1 is 1.20 bits per heavy atom. The molecule has 0 aliphatic carbocycles. The Hall–Kier alpha value is -3.95. The third kappa shape index (κ3) is 3.32. The lowest BCUT2D eigenvalue weighted by Gasteiger charge is -2.18. The maximum absolute atomic E-state index is 12.7. The molecule has 0 saturated heterocycles. The van der Waals surface area contributed by atoms with E-state index in [1.54, 1.807) is 33.9 Å². The third-order valence-electron chi connectivity index (χ3n) is 4.43. The van der Waals surface area contributed by atoms with Crippen LogP contribution in [0, 0.1) is 0 Å². The summed E-state index contributed by atoms with van der Waals surface area (Å²) in [6.45, 7) is 5.30. The quantitative estimate of drug-likeness (QED) is 0.464. The van der Waals surface area contributed by atoms with Crippen molar-refractivity contribution in [2.45, 2.75) is 26.4 Å². The zero-order chi connectivity index (χ0) is 21.6. The van der Waals surface area contributed by atoms with E-state index in [1.165, 1.54) is 6.33 Å². The molecule has 0 bridgehead atoms. The highest BCUT2D eigenvalue weighted by molar-refractivity contribution is 6.03. The second-order valence-corrected chi connectivity index (χ2v) is 7.76. The number of benzene rings is 1. The number of H-pyrrole nitrogens is 1. The van der Waals surface area contributed by atoms with Gasteiger partial charge in [0.25, 0.3) is 5.91 Å². The van der Waals surface area contributed by atoms with Crippen LogP contribution in [0.3, 0.4) is 0 Å². The molecule has 154 valence electrons. The molecule has 0 aliphatic rings. The fourth-order valence-corrected chi connectivity index (χ4v) is 3.14. The number of amides is 1. The Balaban J connectivity index is 1.88. The summed E-state index contributed by atoms with van der Waals surface area (Å²) in [5.74, 6) is -0.0208. The molecule has 0 unspecified atom stereocenters. The number of fused-ring (bicyclic) bond motifs is 2. The highest BCUT2D eigenvalue weighted by Crippen LogP contribution is 2.32. The number of hydrogen-bond donors (Lipinski definition) is 3. The SMILES string of the molecule is CNC(=O)c1cc2ccc(-c3nn(C(=O)OC(C)(C)C)c4ncnc(N)c34)cc2[nH]1. The first-order valence-electron chi connectivity index (χ1n) is 9.25. The zero-order valence-electron chi connectivity index (χ0n) is 17.0. The van der Waals surface area contributed by atoms with Crippen LogP contribution in [0.15, 0.2) is 30.6 Å². The molecule has 10 heteroatoms. The highest BCUT2D eigenvalue weighted by Gasteiger charge is 2.25. The molecule has 3 aromatic heterocycles. The first-order chi connectivity index (χ1) is 14.2. The number of anilines is 1. The molecule has 1 aromatic carbocycles. The van der Waals surface area contributed by atoms with E-state index in [-0.39, 0.29) is 17.4 Å². The van der Waals surface area contributed by atoms with Crippen molar-refractivity contribution in [3.8, 4) is 11.3 Å². The summed E-state index contributed by atoms with van der Waals surface area (Å²) < 4.78 is 6.53. The predicted molar refractivity (Wildman–Crippen MR) is 112 cm³/mol. The van der Waals surface area contributed by atoms with Crippen LogP contribution in [-0.4, -0.2) is 49.4 Å². The van der Waals surface area contributed by atoms with E-state index < -0.39 is 11.7 Å². The van der Waals surface area contributed by atoms with Crippen LogP contribution in [0.5, 0.6) is 0 Å². The number of hydrogen-bond acceptors (Lipinski definition) is 7. The maximum Gasteiger partial charge on any atom is 0.437 e. The monoisotopic (exact) mass is 407 g/mol. The van der Waals surface area contributed by atoms with Crippen LogP contribution in [0.25, 0.3) is 33.2 Å². The number of aromatic nitrogens is 5. The van der Waals surface area contributed by atoms with Gasteiger partial charge in [0.15, 0.2) is 5.65 Å². The second kappa shape index (κ2) is 6.83. The van der Waals surface area contributed by atoms with Gasteiger partial charge in [-0.1, -0.05) is 12.1 Å². The predicted octanol–water partition coefficient (Wildman–Crippen LogP) is 2.70. The summed E-state index contributed by atoms with van der Waals surface area (Å²) in [5, 5.41) is 8.32. The molecule has 0 atom stereocenters. The van der Waals surface area contributed by atoms with E-state index in [1.807, 2.05) is 18.2 Å². The number of carbonyl (C=O) groups is 2. The molecule has 4 rings (SSSR count). The van der Waals surface area contributed by atoms with Crippen LogP contribution in [0.2, 0.25) is 0 Å². The van der Waals surface area contributed by atoms with Crippen molar-refractivity contribution < 1.29 is 14.3 Å². The van der Waals surface area contributed by atoms with Crippen molar-refractivity contribution >= 4 is 39.8 Å². The standard InChI is InChI=1S/C20H21N7O3/c1-20(2,3)30-19(29)27-17-14(16(21)23-9-24-17)15(26-27)11-6-5-10-7-13(18(28)22-4)25-12(10)8-11/h5-9,25H,1-4H3,(H,22,28)(H2,21,23,24). The number of nitrogens with two attached hydrogens (primary N) is 1. The molecule has 3 heterocycles. The van der Waals surface area contributed by atoms with E-state index in [0.29, 0.717) is 22.3 Å². The van der Waals surface area contributed by atoms with Crippen LogP contribution in [0.4, 0.5) is 10.6 Å². The summed E-state index contributed by atoms with van der Waals surface area (Å²) in [5.41, 5.74) is 7.94. The Kier molecular flexibility index (Phi) is 4.41. The van der Waals surface area contributed by atoms with E-state index in [4.69, 9.17) is 10.5 Å². The largest absolute Gasteiger partial charge is 0.442 e. The Morgan fingerprint density at radius 2 is 1.97 bits per heavy atom.